The van der Waals surface area contributed by atoms with Crippen LogP contribution in [0.5, 0.6) is 0 Å². The molecular formula is C19H28N4O3S. The molecule has 1 N–H and O–H groups in total. The van der Waals surface area contributed by atoms with Crippen molar-refractivity contribution in [2.75, 3.05) is 25.0 Å². The molecule has 2 aliphatic heterocycles. The summed E-state index contributed by atoms with van der Waals surface area (Å²) in [5.41, 5.74) is 1.49. The van der Waals surface area contributed by atoms with Crippen LogP contribution in [0, 0.1) is 11.8 Å². The fourth-order valence-corrected chi connectivity index (χ4v) is 5.99. The van der Waals surface area contributed by atoms with Gasteiger partial charge in [-0.05, 0) is 31.1 Å². The molecule has 1 amide bonds. The van der Waals surface area contributed by atoms with Crippen molar-refractivity contribution in [2.24, 2.45) is 11.8 Å². The zero-order valence-corrected chi connectivity index (χ0v) is 16.8. The lowest BCUT2D eigenvalue weighted by Gasteiger charge is -2.26. The highest BCUT2D eigenvalue weighted by atomic mass is 32.2. The molecule has 0 spiro atoms. The van der Waals surface area contributed by atoms with Gasteiger partial charge in [0.1, 0.15) is 0 Å². The first-order valence-corrected chi connectivity index (χ1v) is 11.6. The second-order valence-electron chi connectivity index (χ2n) is 8.61. The third-order valence-corrected chi connectivity index (χ3v) is 7.98. The SMILES string of the molecule is CC(C)CCC(=O)N1C[C@H]2c3nc(NCC4CC4)ncc3CS(=O)(=O)[C@H]2C1. The topological polar surface area (TPSA) is 92.3 Å². The Bertz CT molecular complexity index is 835. The second-order valence-corrected chi connectivity index (χ2v) is 10.8. The number of rotatable bonds is 6. The molecule has 3 heterocycles. The van der Waals surface area contributed by atoms with Gasteiger partial charge < -0.3 is 10.2 Å². The van der Waals surface area contributed by atoms with Crippen molar-refractivity contribution in [1.82, 2.24) is 14.9 Å². The Labute approximate surface area is 160 Å². The largest absolute Gasteiger partial charge is 0.354 e. The number of nitrogens with zero attached hydrogens (tertiary/aromatic N) is 3. The molecule has 1 aliphatic carbocycles. The van der Waals surface area contributed by atoms with Crippen LogP contribution in [-0.2, 0) is 20.4 Å². The number of carbonyl (C=O) groups excluding carboxylic acids is 1. The monoisotopic (exact) mass is 392 g/mol. The van der Waals surface area contributed by atoms with Crippen molar-refractivity contribution in [3.8, 4) is 0 Å². The van der Waals surface area contributed by atoms with E-state index in [2.05, 4.69) is 29.1 Å². The molecule has 27 heavy (non-hydrogen) atoms. The van der Waals surface area contributed by atoms with Gasteiger partial charge in [0.05, 0.1) is 16.7 Å². The van der Waals surface area contributed by atoms with Gasteiger partial charge in [0.2, 0.25) is 11.9 Å². The van der Waals surface area contributed by atoms with E-state index in [1.165, 1.54) is 12.8 Å². The molecule has 148 valence electrons. The zero-order valence-electron chi connectivity index (χ0n) is 16.0. The highest BCUT2D eigenvalue weighted by molar-refractivity contribution is 7.91. The van der Waals surface area contributed by atoms with Crippen LogP contribution in [0.4, 0.5) is 5.95 Å². The number of aromatic nitrogens is 2. The number of hydrogen-bond acceptors (Lipinski definition) is 6. The average molecular weight is 393 g/mol. The molecule has 7 nitrogen and oxygen atoms in total. The Balaban J connectivity index is 1.54. The molecule has 3 aliphatic rings. The van der Waals surface area contributed by atoms with Gasteiger partial charge in [0, 0.05) is 43.7 Å². The van der Waals surface area contributed by atoms with Gasteiger partial charge in [-0.25, -0.2) is 18.4 Å². The van der Waals surface area contributed by atoms with Gasteiger partial charge in [-0.15, -0.1) is 0 Å². The molecule has 1 aromatic rings. The minimum Gasteiger partial charge on any atom is -0.354 e. The number of nitrogens with one attached hydrogen (secondary N) is 1. The first-order valence-electron chi connectivity index (χ1n) is 9.92. The summed E-state index contributed by atoms with van der Waals surface area (Å²) in [5, 5.41) is 2.73. The summed E-state index contributed by atoms with van der Waals surface area (Å²) >= 11 is 0. The highest BCUT2D eigenvalue weighted by Crippen LogP contribution is 2.39. The van der Waals surface area contributed by atoms with Crippen molar-refractivity contribution in [1.29, 1.82) is 0 Å². The van der Waals surface area contributed by atoms with Gasteiger partial charge in [0.25, 0.3) is 0 Å². The van der Waals surface area contributed by atoms with Crippen LogP contribution < -0.4 is 5.32 Å². The number of hydrogen-bond donors (Lipinski definition) is 1. The number of fused-ring (bicyclic) bond motifs is 3. The van der Waals surface area contributed by atoms with Crippen molar-refractivity contribution in [3.63, 3.8) is 0 Å². The fraction of sp³-hybridized carbons (Fsp3) is 0.737. The van der Waals surface area contributed by atoms with Gasteiger partial charge in [-0.3, -0.25) is 4.79 Å². The molecule has 2 atom stereocenters. The number of likely N-dealkylation sites (tertiary alicyclic amines) is 1. The maximum absolute atomic E-state index is 12.8. The number of carbonyl (C=O) groups is 1. The zero-order chi connectivity index (χ0) is 19.2. The lowest BCUT2D eigenvalue weighted by atomic mass is 10.00. The van der Waals surface area contributed by atoms with Crippen LogP contribution in [0.1, 0.15) is 56.7 Å². The van der Waals surface area contributed by atoms with E-state index in [0.29, 0.717) is 36.3 Å². The molecule has 1 aromatic heterocycles. The molecule has 0 radical (unpaired) electrons. The van der Waals surface area contributed by atoms with E-state index in [-0.39, 0.29) is 24.1 Å². The van der Waals surface area contributed by atoms with Crippen LogP contribution in [-0.4, -0.2) is 54.1 Å². The number of sulfone groups is 1. The van der Waals surface area contributed by atoms with E-state index in [0.717, 1.165) is 18.7 Å². The summed E-state index contributed by atoms with van der Waals surface area (Å²) in [4.78, 5) is 23.3. The summed E-state index contributed by atoms with van der Waals surface area (Å²) in [6.07, 6.45) is 5.44. The summed E-state index contributed by atoms with van der Waals surface area (Å²) in [5.74, 6) is 1.51. The van der Waals surface area contributed by atoms with Crippen molar-refractivity contribution < 1.29 is 13.2 Å². The van der Waals surface area contributed by atoms with E-state index in [1.807, 2.05) is 0 Å². The van der Waals surface area contributed by atoms with E-state index in [9.17, 15) is 13.2 Å². The quantitative estimate of drug-likeness (QED) is 0.796. The molecule has 0 unspecified atom stereocenters. The predicted octanol–water partition coefficient (Wildman–Crippen LogP) is 1.96. The predicted molar refractivity (Wildman–Crippen MR) is 103 cm³/mol. The summed E-state index contributed by atoms with van der Waals surface area (Å²) in [7, 11) is -3.29. The van der Waals surface area contributed by atoms with Gasteiger partial charge in [-0.2, -0.15) is 0 Å². The molecule has 4 rings (SSSR count). The molecule has 0 aromatic carbocycles. The van der Waals surface area contributed by atoms with Crippen LogP contribution in [0.25, 0.3) is 0 Å². The molecule has 2 fully saturated rings. The van der Waals surface area contributed by atoms with Crippen LogP contribution >= 0.6 is 0 Å². The minimum absolute atomic E-state index is 0.0274. The third-order valence-electron chi connectivity index (χ3n) is 5.87. The minimum atomic E-state index is -3.29. The molecule has 8 heteroatoms. The van der Waals surface area contributed by atoms with Crippen LogP contribution in [0.3, 0.4) is 0 Å². The van der Waals surface area contributed by atoms with Gasteiger partial charge in [-0.1, -0.05) is 13.8 Å². The Hall–Kier alpha value is -1.70. The van der Waals surface area contributed by atoms with Gasteiger partial charge >= 0.3 is 0 Å². The van der Waals surface area contributed by atoms with Crippen molar-refractivity contribution in [3.05, 3.63) is 17.5 Å². The standard InChI is InChI=1S/C19H28N4O3S/c1-12(2)3-6-17(24)23-9-15-16(10-23)27(25,26)11-14-8-21-19(22-18(14)15)20-7-13-4-5-13/h8,12-13,15-16H,3-7,9-11H2,1-2H3,(H,20,21,22)/t15-,16+/m1/s1. The first kappa shape index (κ1) is 18.7. The third kappa shape index (κ3) is 3.95. The lowest BCUT2D eigenvalue weighted by Crippen LogP contribution is -2.35. The maximum atomic E-state index is 12.8. The normalized spacial score (nSPS) is 26.0. The summed E-state index contributed by atoms with van der Waals surface area (Å²) in [6.45, 7) is 5.77. The Morgan fingerprint density at radius 1 is 1.33 bits per heavy atom. The molecular weight excluding hydrogens is 364 g/mol. The summed E-state index contributed by atoms with van der Waals surface area (Å²) < 4.78 is 25.5. The summed E-state index contributed by atoms with van der Waals surface area (Å²) in [6, 6.07) is 0. The lowest BCUT2D eigenvalue weighted by molar-refractivity contribution is -0.130. The number of anilines is 1. The highest BCUT2D eigenvalue weighted by Gasteiger charge is 2.48. The van der Waals surface area contributed by atoms with Gasteiger partial charge in [0.15, 0.2) is 9.84 Å². The average Bonchev–Trinajstić information content (AvgIpc) is 3.32. The van der Waals surface area contributed by atoms with Crippen LogP contribution in [0.15, 0.2) is 6.20 Å². The van der Waals surface area contributed by atoms with E-state index in [1.54, 1.807) is 11.1 Å². The smallest absolute Gasteiger partial charge is 0.222 e. The molecule has 1 saturated heterocycles. The van der Waals surface area contributed by atoms with E-state index < -0.39 is 15.1 Å². The molecule has 0 bridgehead atoms. The second kappa shape index (κ2) is 7.04. The van der Waals surface area contributed by atoms with E-state index >= 15 is 0 Å². The Morgan fingerprint density at radius 2 is 2.11 bits per heavy atom. The van der Waals surface area contributed by atoms with Crippen molar-refractivity contribution in [2.45, 2.75) is 56.5 Å². The van der Waals surface area contributed by atoms with Crippen LogP contribution in [0.2, 0.25) is 0 Å². The Morgan fingerprint density at radius 3 is 2.81 bits per heavy atom. The number of amides is 1. The fourth-order valence-electron chi connectivity index (χ4n) is 3.99. The Kier molecular flexibility index (Phi) is 4.86. The van der Waals surface area contributed by atoms with Crippen molar-refractivity contribution >= 4 is 21.7 Å². The van der Waals surface area contributed by atoms with E-state index in [4.69, 9.17) is 0 Å². The first-order chi connectivity index (χ1) is 12.8. The molecule has 1 saturated carbocycles. The maximum Gasteiger partial charge on any atom is 0.222 e.